The van der Waals surface area contributed by atoms with E-state index in [1.165, 1.54) is 17.4 Å². The minimum atomic E-state index is -0.380. The monoisotopic (exact) mass is 362 g/mol. The molecule has 0 unspecified atom stereocenters. The lowest BCUT2D eigenvalue weighted by atomic mass is 10.1. The summed E-state index contributed by atoms with van der Waals surface area (Å²) in [5, 5.41) is 5.82. The van der Waals surface area contributed by atoms with Crippen LogP contribution >= 0.6 is 45.9 Å². The zero-order valence-electron chi connectivity index (χ0n) is 11.5. The van der Waals surface area contributed by atoms with Gasteiger partial charge in [0.2, 0.25) is 0 Å². The highest BCUT2D eigenvalue weighted by molar-refractivity contribution is 7.20. The molecule has 0 fully saturated rings. The second-order valence-electron chi connectivity index (χ2n) is 4.26. The normalized spacial score (nSPS) is 10.5. The first-order valence-electron chi connectivity index (χ1n) is 5.93. The van der Waals surface area contributed by atoms with Crippen LogP contribution in [0.1, 0.15) is 31.2 Å². The molecule has 0 aromatic carbocycles. The summed E-state index contributed by atoms with van der Waals surface area (Å²) in [5.74, 6) is -0.615. The van der Waals surface area contributed by atoms with Gasteiger partial charge in [-0.25, -0.2) is 0 Å². The number of hydrogen-bond donors (Lipinski definition) is 2. The molecule has 2 aromatic rings. The number of hydrogen-bond acceptors (Lipinski definition) is 4. The Morgan fingerprint density at radius 2 is 1.81 bits per heavy atom. The van der Waals surface area contributed by atoms with Gasteiger partial charge in [0.05, 0.1) is 15.5 Å². The van der Waals surface area contributed by atoms with E-state index in [1.807, 2.05) is 13.8 Å². The number of anilines is 1. The van der Waals surface area contributed by atoms with Gasteiger partial charge in [0.1, 0.15) is 9.34 Å². The van der Waals surface area contributed by atoms with Gasteiger partial charge >= 0.3 is 0 Å². The number of halogens is 2. The number of rotatable bonds is 3. The van der Waals surface area contributed by atoms with Crippen molar-refractivity contribution < 1.29 is 9.59 Å². The Hall–Kier alpha value is -1.08. The number of carbonyl (C=O) groups is 2. The van der Waals surface area contributed by atoms with Gasteiger partial charge in [-0.3, -0.25) is 9.59 Å². The molecule has 0 saturated carbocycles. The van der Waals surface area contributed by atoms with Crippen molar-refractivity contribution in [1.82, 2.24) is 5.32 Å². The smallest absolute Gasteiger partial charge is 0.258 e. The third kappa shape index (κ3) is 3.23. The summed E-state index contributed by atoms with van der Waals surface area (Å²) in [4.78, 5) is 25.2. The quantitative estimate of drug-likeness (QED) is 0.852. The Labute approximate surface area is 140 Å². The maximum absolute atomic E-state index is 12.3. The minimum Gasteiger partial charge on any atom is -0.355 e. The summed E-state index contributed by atoms with van der Waals surface area (Å²) in [6.45, 7) is 3.75. The summed E-state index contributed by atoms with van der Waals surface area (Å²) in [6, 6.07) is 1.51. The summed E-state index contributed by atoms with van der Waals surface area (Å²) < 4.78 is 0.763. The van der Waals surface area contributed by atoms with Gasteiger partial charge in [-0.05, 0) is 25.5 Å². The Kier molecular flexibility index (Phi) is 4.93. The van der Waals surface area contributed by atoms with Crippen molar-refractivity contribution >= 4 is 62.7 Å². The maximum Gasteiger partial charge on any atom is 0.258 e. The van der Waals surface area contributed by atoms with Crippen LogP contribution in [0.4, 0.5) is 5.00 Å². The first-order valence-corrected chi connectivity index (χ1v) is 8.32. The minimum absolute atomic E-state index is 0.235. The molecule has 2 heterocycles. The zero-order valence-corrected chi connectivity index (χ0v) is 14.6. The van der Waals surface area contributed by atoms with Gasteiger partial charge in [-0.1, -0.05) is 23.2 Å². The van der Waals surface area contributed by atoms with Crippen molar-refractivity contribution in [2.75, 3.05) is 12.4 Å². The highest BCUT2D eigenvalue weighted by atomic mass is 35.5. The highest BCUT2D eigenvalue weighted by Crippen LogP contribution is 2.35. The molecule has 21 heavy (non-hydrogen) atoms. The number of carbonyl (C=O) groups excluding carboxylic acids is 2. The molecule has 4 nitrogen and oxygen atoms in total. The molecule has 2 rings (SSSR count). The van der Waals surface area contributed by atoms with Crippen LogP contribution in [-0.4, -0.2) is 18.9 Å². The highest BCUT2D eigenvalue weighted by Gasteiger charge is 2.22. The van der Waals surface area contributed by atoms with Crippen LogP contribution in [0.25, 0.3) is 0 Å². The average molecular weight is 363 g/mol. The molecule has 0 spiro atoms. The molecule has 0 aliphatic carbocycles. The van der Waals surface area contributed by atoms with Crippen LogP contribution in [-0.2, 0) is 0 Å². The molecule has 0 radical (unpaired) electrons. The first kappa shape index (κ1) is 16.3. The fourth-order valence-corrected chi connectivity index (χ4v) is 4.29. The lowest BCUT2D eigenvalue weighted by Gasteiger charge is -2.06. The van der Waals surface area contributed by atoms with Crippen LogP contribution < -0.4 is 10.6 Å². The number of nitrogens with one attached hydrogen (secondary N) is 2. The van der Waals surface area contributed by atoms with E-state index >= 15 is 0 Å². The van der Waals surface area contributed by atoms with Crippen LogP contribution in [0.15, 0.2) is 6.07 Å². The first-order chi connectivity index (χ1) is 9.85. The Balaban J connectivity index is 2.36. The van der Waals surface area contributed by atoms with E-state index in [1.54, 1.807) is 7.05 Å². The summed E-state index contributed by atoms with van der Waals surface area (Å²) in [7, 11) is 1.55. The molecular weight excluding hydrogens is 351 g/mol. The van der Waals surface area contributed by atoms with Gasteiger partial charge < -0.3 is 10.6 Å². The van der Waals surface area contributed by atoms with E-state index in [0.29, 0.717) is 24.8 Å². The fraction of sp³-hybridized carbons (Fsp3) is 0.231. The van der Waals surface area contributed by atoms with Crippen molar-refractivity contribution in [2.45, 2.75) is 13.8 Å². The van der Waals surface area contributed by atoms with Crippen LogP contribution in [0.3, 0.4) is 0 Å². The van der Waals surface area contributed by atoms with Gasteiger partial charge in [0.15, 0.2) is 0 Å². The van der Waals surface area contributed by atoms with E-state index < -0.39 is 0 Å². The van der Waals surface area contributed by atoms with Crippen LogP contribution in [0, 0.1) is 13.8 Å². The largest absolute Gasteiger partial charge is 0.355 e. The van der Waals surface area contributed by atoms with E-state index in [0.717, 1.165) is 21.8 Å². The van der Waals surface area contributed by atoms with E-state index in [9.17, 15) is 9.59 Å². The Morgan fingerprint density at radius 3 is 2.33 bits per heavy atom. The summed E-state index contributed by atoms with van der Waals surface area (Å²) >= 11 is 14.3. The third-order valence-electron chi connectivity index (χ3n) is 2.97. The van der Waals surface area contributed by atoms with E-state index in [4.69, 9.17) is 23.2 Å². The number of thiophene rings is 2. The van der Waals surface area contributed by atoms with Crippen molar-refractivity contribution in [2.24, 2.45) is 0 Å². The predicted octanol–water partition coefficient (Wildman–Crippen LogP) is 4.35. The molecule has 8 heteroatoms. The van der Waals surface area contributed by atoms with E-state index in [-0.39, 0.29) is 11.8 Å². The standard InChI is InChI=1S/C13H12Cl2N2O2S2/c1-5-6(2)20-13(9(5)12(19)16-3)17-11(18)7-4-8(14)21-10(7)15/h4H,1-3H3,(H,16,19)(H,17,18). The van der Waals surface area contributed by atoms with Crippen LogP contribution in [0.2, 0.25) is 8.67 Å². The van der Waals surface area contributed by atoms with E-state index in [2.05, 4.69) is 10.6 Å². The Morgan fingerprint density at radius 1 is 1.14 bits per heavy atom. The van der Waals surface area contributed by atoms with Crippen molar-refractivity contribution in [3.05, 3.63) is 36.3 Å². The second kappa shape index (κ2) is 6.36. The average Bonchev–Trinajstić information content (AvgIpc) is 2.89. The molecule has 2 amide bonds. The number of amides is 2. The van der Waals surface area contributed by atoms with Gasteiger partial charge in [-0.15, -0.1) is 22.7 Å². The van der Waals surface area contributed by atoms with Gasteiger partial charge in [0.25, 0.3) is 11.8 Å². The third-order valence-corrected chi connectivity index (χ3v) is 5.58. The molecule has 0 aliphatic rings. The predicted molar refractivity (Wildman–Crippen MR) is 89.5 cm³/mol. The molecule has 0 saturated heterocycles. The number of aryl methyl sites for hydroxylation is 1. The van der Waals surface area contributed by atoms with Crippen LogP contribution in [0.5, 0.6) is 0 Å². The molecule has 2 N–H and O–H groups in total. The lowest BCUT2D eigenvalue weighted by Crippen LogP contribution is -2.21. The summed E-state index contributed by atoms with van der Waals surface area (Å²) in [5.41, 5.74) is 1.63. The molecule has 0 aliphatic heterocycles. The van der Waals surface area contributed by atoms with Crippen molar-refractivity contribution in [3.8, 4) is 0 Å². The molecule has 112 valence electrons. The summed E-state index contributed by atoms with van der Waals surface area (Å²) in [6.07, 6.45) is 0. The maximum atomic E-state index is 12.3. The second-order valence-corrected chi connectivity index (χ2v) is 7.77. The fourth-order valence-electron chi connectivity index (χ4n) is 1.78. The zero-order chi connectivity index (χ0) is 15.7. The van der Waals surface area contributed by atoms with Gasteiger partial charge in [0, 0.05) is 11.9 Å². The molecule has 0 atom stereocenters. The molecule has 2 aromatic heterocycles. The van der Waals surface area contributed by atoms with Crippen molar-refractivity contribution in [1.29, 1.82) is 0 Å². The SMILES string of the molecule is CNC(=O)c1c(NC(=O)c2cc(Cl)sc2Cl)sc(C)c1C. The topological polar surface area (TPSA) is 58.2 Å². The van der Waals surface area contributed by atoms with Gasteiger partial charge in [-0.2, -0.15) is 0 Å². The molecule has 0 bridgehead atoms. The molecular formula is C13H12Cl2N2O2S2. The Bertz CT molecular complexity index is 722. The lowest BCUT2D eigenvalue weighted by molar-refractivity contribution is 0.0963. The van der Waals surface area contributed by atoms with Crippen molar-refractivity contribution in [3.63, 3.8) is 0 Å².